The second-order valence-corrected chi connectivity index (χ2v) is 8.62. The van der Waals surface area contributed by atoms with Gasteiger partial charge in [0.2, 0.25) is 0 Å². The Morgan fingerprint density at radius 3 is 2.55 bits per heavy atom. The van der Waals surface area contributed by atoms with E-state index in [1.807, 2.05) is 18.2 Å². The number of likely N-dealkylation sites (N-methyl/N-ethyl adjacent to an activating group) is 1. The van der Waals surface area contributed by atoms with E-state index in [0.29, 0.717) is 27.5 Å². The van der Waals surface area contributed by atoms with Crippen LogP contribution in [0.3, 0.4) is 0 Å². The number of methoxy groups -OCH3 is 1. The minimum Gasteiger partial charge on any atom is -0.497 e. The molecule has 0 spiro atoms. The molecule has 1 heterocycles. The summed E-state index contributed by atoms with van der Waals surface area (Å²) in [7, 11) is 1.62. The van der Waals surface area contributed by atoms with Crippen molar-refractivity contribution in [2.45, 2.75) is 13.8 Å². The molecule has 1 amide bonds. The van der Waals surface area contributed by atoms with Gasteiger partial charge in [-0.05, 0) is 43.4 Å². The van der Waals surface area contributed by atoms with Crippen molar-refractivity contribution in [1.29, 1.82) is 0 Å². The minimum atomic E-state index is -0.191. The second-order valence-electron chi connectivity index (χ2n) is 6.77. The van der Waals surface area contributed by atoms with Crippen molar-refractivity contribution >= 4 is 55.8 Å². The monoisotopic (exact) mass is 481 g/mol. The van der Waals surface area contributed by atoms with Gasteiger partial charge in [-0.25, -0.2) is 4.98 Å². The van der Waals surface area contributed by atoms with Gasteiger partial charge in [-0.3, -0.25) is 9.69 Å². The molecular formula is C22H25Cl2N3O3S. The molecule has 0 N–H and O–H groups in total. The van der Waals surface area contributed by atoms with E-state index in [-0.39, 0.29) is 12.5 Å². The van der Waals surface area contributed by atoms with Gasteiger partial charge in [-0.15, -0.1) is 0 Å². The number of benzene rings is 2. The summed E-state index contributed by atoms with van der Waals surface area (Å²) in [5, 5.41) is 1.50. The van der Waals surface area contributed by atoms with Gasteiger partial charge >= 0.3 is 0 Å². The lowest BCUT2D eigenvalue weighted by atomic mass is 10.3. The van der Waals surface area contributed by atoms with Crippen molar-refractivity contribution in [3.8, 4) is 11.5 Å². The molecule has 0 fully saturated rings. The van der Waals surface area contributed by atoms with Gasteiger partial charge in [-0.1, -0.05) is 48.4 Å². The van der Waals surface area contributed by atoms with Gasteiger partial charge in [0, 0.05) is 24.2 Å². The molecule has 0 aliphatic heterocycles. The van der Waals surface area contributed by atoms with Crippen LogP contribution in [-0.4, -0.2) is 55.7 Å². The predicted octanol–water partition coefficient (Wildman–Crippen LogP) is 5.37. The molecule has 0 unspecified atom stereocenters. The largest absolute Gasteiger partial charge is 0.497 e. The van der Waals surface area contributed by atoms with Gasteiger partial charge in [0.1, 0.15) is 11.5 Å². The Balaban J connectivity index is 1.82. The summed E-state index contributed by atoms with van der Waals surface area (Å²) in [6.45, 7) is 7.11. The van der Waals surface area contributed by atoms with Crippen LogP contribution in [0, 0.1) is 0 Å². The van der Waals surface area contributed by atoms with Crippen LogP contribution >= 0.6 is 34.5 Å². The van der Waals surface area contributed by atoms with E-state index in [1.54, 1.807) is 30.2 Å². The highest BCUT2D eigenvalue weighted by Gasteiger charge is 2.21. The lowest BCUT2D eigenvalue weighted by Gasteiger charge is -2.24. The number of hydrogen-bond donors (Lipinski definition) is 0. The van der Waals surface area contributed by atoms with Crippen LogP contribution in [0.15, 0.2) is 36.4 Å². The summed E-state index contributed by atoms with van der Waals surface area (Å²) in [5.74, 6) is 0.951. The Kier molecular flexibility index (Phi) is 8.37. The molecule has 0 aliphatic carbocycles. The Morgan fingerprint density at radius 2 is 1.87 bits per heavy atom. The number of ether oxygens (including phenoxy) is 2. The van der Waals surface area contributed by atoms with E-state index in [2.05, 4.69) is 23.7 Å². The van der Waals surface area contributed by atoms with Gasteiger partial charge in [0.05, 0.1) is 22.3 Å². The fourth-order valence-electron chi connectivity index (χ4n) is 3.06. The lowest BCUT2D eigenvalue weighted by Crippen LogP contribution is -2.41. The van der Waals surface area contributed by atoms with Gasteiger partial charge in [0.25, 0.3) is 5.91 Å². The number of carbonyl (C=O) groups is 1. The molecule has 3 rings (SSSR count). The summed E-state index contributed by atoms with van der Waals surface area (Å²) in [5.41, 5.74) is 0.793. The third-order valence-corrected chi connectivity index (χ3v) is 6.48. The zero-order chi connectivity index (χ0) is 22.4. The first-order valence-electron chi connectivity index (χ1n) is 10.00. The fourth-order valence-corrected chi connectivity index (χ4v) is 4.51. The molecule has 0 radical (unpaired) electrons. The number of aromatic nitrogens is 1. The molecule has 6 nitrogen and oxygen atoms in total. The fraction of sp³-hybridized carbons (Fsp3) is 0.364. The summed E-state index contributed by atoms with van der Waals surface area (Å²) in [6.07, 6.45) is 0. The average molecular weight is 482 g/mol. The van der Waals surface area contributed by atoms with Crippen LogP contribution in [0.1, 0.15) is 13.8 Å². The van der Waals surface area contributed by atoms with Gasteiger partial charge in [0.15, 0.2) is 11.7 Å². The molecule has 166 valence electrons. The molecule has 3 aromatic rings. The number of anilines is 1. The van der Waals surface area contributed by atoms with Crippen LogP contribution in [-0.2, 0) is 4.79 Å². The highest BCUT2D eigenvalue weighted by atomic mass is 35.5. The number of fused-ring (bicyclic) bond motifs is 1. The molecule has 0 saturated carbocycles. The van der Waals surface area contributed by atoms with Gasteiger partial charge in [-0.2, -0.15) is 0 Å². The van der Waals surface area contributed by atoms with Crippen molar-refractivity contribution in [2.24, 2.45) is 0 Å². The van der Waals surface area contributed by atoms with Crippen molar-refractivity contribution in [3.63, 3.8) is 0 Å². The Morgan fingerprint density at radius 1 is 1.10 bits per heavy atom. The molecule has 0 saturated heterocycles. The quantitative estimate of drug-likeness (QED) is 0.389. The number of thiazole rings is 1. The molecule has 31 heavy (non-hydrogen) atoms. The van der Waals surface area contributed by atoms with E-state index < -0.39 is 0 Å². The molecule has 0 bridgehead atoms. The standard InChI is InChI=1S/C22H25Cl2N3O3S/c1-4-26(5-2)10-11-27(21(28)14-30-19-8-6-15(23)12-17(19)24)22-25-18-13-16(29-3)7-9-20(18)31-22/h6-9,12-13H,4-5,10-11,14H2,1-3H3. The molecular weight excluding hydrogens is 457 g/mol. The van der Waals surface area contributed by atoms with Crippen molar-refractivity contribution in [3.05, 3.63) is 46.4 Å². The SMILES string of the molecule is CCN(CC)CCN(C(=O)COc1ccc(Cl)cc1Cl)c1nc2cc(OC)ccc2s1. The number of amides is 1. The maximum Gasteiger partial charge on any atom is 0.266 e. The maximum absolute atomic E-state index is 13.1. The molecule has 1 aromatic heterocycles. The van der Waals surface area contributed by atoms with Crippen molar-refractivity contribution < 1.29 is 14.3 Å². The number of hydrogen-bond acceptors (Lipinski definition) is 6. The summed E-state index contributed by atoms with van der Waals surface area (Å²) in [4.78, 5) is 21.8. The molecule has 2 aromatic carbocycles. The average Bonchev–Trinajstić information content (AvgIpc) is 3.18. The van der Waals surface area contributed by atoms with Crippen molar-refractivity contribution in [1.82, 2.24) is 9.88 Å². The van der Waals surface area contributed by atoms with E-state index in [0.717, 1.165) is 35.6 Å². The molecule has 0 atom stereocenters. The molecule has 0 aliphatic rings. The first-order valence-corrected chi connectivity index (χ1v) is 11.6. The van der Waals surface area contributed by atoms with E-state index in [1.165, 1.54) is 11.3 Å². The van der Waals surface area contributed by atoms with E-state index in [9.17, 15) is 4.79 Å². The Labute approximate surface area is 196 Å². The third-order valence-electron chi connectivity index (χ3n) is 4.89. The Hall–Kier alpha value is -2.06. The predicted molar refractivity (Wildman–Crippen MR) is 128 cm³/mol. The van der Waals surface area contributed by atoms with Crippen LogP contribution in [0.25, 0.3) is 10.2 Å². The zero-order valence-corrected chi connectivity index (χ0v) is 20.1. The van der Waals surface area contributed by atoms with Crippen LogP contribution in [0.4, 0.5) is 5.13 Å². The topological polar surface area (TPSA) is 54.9 Å². The first-order chi connectivity index (χ1) is 14.9. The number of nitrogens with zero attached hydrogens (tertiary/aromatic N) is 3. The number of halogens is 2. The van der Waals surface area contributed by atoms with Gasteiger partial charge < -0.3 is 14.4 Å². The summed E-state index contributed by atoms with van der Waals surface area (Å²) < 4.78 is 12.0. The smallest absolute Gasteiger partial charge is 0.266 e. The highest BCUT2D eigenvalue weighted by Crippen LogP contribution is 2.32. The normalized spacial score (nSPS) is 11.2. The highest BCUT2D eigenvalue weighted by molar-refractivity contribution is 7.22. The van der Waals surface area contributed by atoms with Crippen LogP contribution in [0.5, 0.6) is 11.5 Å². The summed E-state index contributed by atoms with van der Waals surface area (Å²) in [6, 6.07) is 10.6. The van der Waals surface area contributed by atoms with E-state index >= 15 is 0 Å². The van der Waals surface area contributed by atoms with Crippen LogP contribution in [0.2, 0.25) is 10.0 Å². The molecule has 9 heteroatoms. The number of carbonyl (C=O) groups excluding carboxylic acids is 1. The number of rotatable bonds is 10. The maximum atomic E-state index is 13.1. The van der Waals surface area contributed by atoms with E-state index in [4.69, 9.17) is 32.7 Å². The van der Waals surface area contributed by atoms with Crippen molar-refractivity contribution in [2.75, 3.05) is 44.8 Å². The lowest BCUT2D eigenvalue weighted by molar-refractivity contribution is -0.120. The first kappa shape index (κ1) is 23.6. The summed E-state index contributed by atoms with van der Waals surface area (Å²) >= 11 is 13.6. The Bertz CT molecular complexity index is 1040. The second kappa shape index (κ2) is 11.0. The van der Waals surface area contributed by atoms with Crippen LogP contribution < -0.4 is 14.4 Å². The zero-order valence-electron chi connectivity index (χ0n) is 17.7. The third kappa shape index (κ3) is 6.01. The minimum absolute atomic E-state index is 0.154.